The fourth-order valence-corrected chi connectivity index (χ4v) is 2.58. The topological polar surface area (TPSA) is 84.5 Å². The van der Waals surface area contributed by atoms with E-state index < -0.39 is 10.0 Å². The molecular formula is C13H18N2O4S. The number of amides is 1. The van der Waals surface area contributed by atoms with Gasteiger partial charge in [-0.3, -0.25) is 4.79 Å². The van der Waals surface area contributed by atoms with Gasteiger partial charge in [0.15, 0.2) is 0 Å². The lowest BCUT2D eigenvalue weighted by Crippen LogP contribution is -2.34. The second-order valence-electron chi connectivity index (χ2n) is 4.71. The number of sulfonamides is 1. The Bertz CT molecular complexity index is 586. The average molecular weight is 298 g/mol. The van der Waals surface area contributed by atoms with Crippen molar-refractivity contribution < 1.29 is 17.9 Å². The number of carbonyl (C=O) groups excluding carboxylic acids is 1. The summed E-state index contributed by atoms with van der Waals surface area (Å²) in [5, 5.41) is 2.91. The monoisotopic (exact) mass is 298 g/mol. The van der Waals surface area contributed by atoms with Gasteiger partial charge in [0.05, 0.1) is 18.9 Å². The highest BCUT2D eigenvalue weighted by atomic mass is 32.2. The van der Waals surface area contributed by atoms with Crippen molar-refractivity contribution in [3.8, 4) is 5.75 Å². The van der Waals surface area contributed by atoms with E-state index in [1.807, 2.05) is 24.3 Å². The van der Waals surface area contributed by atoms with Crippen molar-refractivity contribution >= 4 is 15.9 Å². The first-order chi connectivity index (χ1) is 9.46. The Morgan fingerprint density at radius 3 is 2.90 bits per heavy atom. The Hall–Kier alpha value is -1.60. The molecule has 1 heterocycles. The predicted molar refractivity (Wildman–Crippen MR) is 74.9 cm³/mol. The third-order valence-corrected chi connectivity index (χ3v) is 3.74. The molecule has 2 rings (SSSR count). The fraction of sp³-hybridized carbons (Fsp3) is 0.462. The van der Waals surface area contributed by atoms with E-state index in [2.05, 4.69) is 10.0 Å². The van der Waals surface area contributed by atoms with E-state index in [9.17, 15) is 13.2 Å². The minimum Gasteiger partial charge on any atom is -0.493 e. The summed E-state index contributed by atoms with van der Waals surface area (Å²) in [6.07, 6.45) is 1.90. The van der Waals surface area contributed by atoms with Crippen LogP contribution in [0, 0.1) is 0 Å². The molecular weight excluding hydrogens is 280 g/mol. The van der Waals surface area contributed by atoms with E-state index in [0.29, 0.717) is 13.0 Å². The van der Waals surface area contributed by atoms with Crippen molar-refractivity contribution in [1.82, 2.24) is 10.0 Å². The summed E-state index contributed by atoms with van der Waals surface area (Å²) in [6.45, 7) is 0.666. The minimum atomic E-state index is -3.25. The highest BCUT2D eigenvalue weighted by Gasteiger charge is 2.22. The number of benzene rings is 1. The number of fused-ring (bicyclic) bond motifs is 1. The number of hydrogen-bond acceptors (Lipinski definition) is 4. The molecule has 0 bridgehead atoms. The van der Waals surface area contributed by atoms with Crippen LogP contribution >= 0.6 is 0 Å². The lowest BCUT2D eigenvalue weighted by molar-refractivity contribution is -0.121. The Morgan fingerprint density at radius 2 is 2.15 bits per heavy atom. The van der Waals surface area contributed by atoms with Gasteiger partial charge >= 0.3 is 0 Å². The third kappa shape index (κ3) is 4.21. The van der Waals surface area contributed by atoms with Crippen LogP contribution in [0.5, 0.6) is 5.75 Å². The molecule has 110 valence electrons. The Labute approximate surface area is 118 Å². The van der Waals surface area contributed by atoms with Crippen molar-refractivity contribution in [1.29, 1.82) is 0 Å². The summed E-state index contributed by atoms with van der Waals surface area (Å²) in [5.41, 5.74) is 0.961. The van der Waals surface area contributed by atoms with Crippen LogP contribution in [-0.4, -0.2) is 33.7 Å². The summed E-state index contributed by atoms with van der Waals surface area (Å²) in [6, 6.07) is 7.51. The van der Waals surface area contributed by atoms with E-state index in [1.165, 1.54) is 0 Å². The first kappa shape index (κ1) is 14.8. The van der Waals surface area contributed by atoms with Gasteiger partial charge in [0.2, 0.25) is 15.9 Å². The largest absolute Gasteiger partial charge is 0.493 e. The maximum Gasteiger partial charge on any atom is 0.221 e. The highest BCUT2D eigenvalue weighted by molar-refractivity contribution is 7.88. The van der Waals surface area contributed by atoms with Gasteiger partial charge in [-0.2, -0.15) is 0 Å². The number of nitrogens with one attached hydrogen (secondary N) is 2. The minimum absolute atomic E-state index is 0.0781. The number of carbonyl (C=O) groups is 1. The van der Waals surface area contributed by atoms with Crippen LogP contribution in [0.25, 0.3) is 0 Å². The van der Waals surface area contributed by atoms with Gasteiger partial charge in [0, 0.05) is 24.9 Å². The van der Waals surface area contributed by atoms with Gasteiger partial charge in [0.1, 0.15) is 5.75 Å². The smallest absolute Gasteiger partial charge is 0.221 e. The summed E-state index contributed by atoms with van der Waals surface area (Å²) in [7, 11) is -3.25. The fourth-order valence-electron chi connectivity index (χ4n) is 2.11. The molecule has 2 N–H and O–H groups in total. The van der Waals surface area contributed by atoms with E-state index in [-0.39, 0.29) is 24.9 Å². The molecule has 0 spiro atoms. The van der Waals surface area contributed by atoms with Gasteiger partial charge in [-0.25, -0.2) is 13.1 Å². The molecule has 1 aromatic carbocycles. The van der Waals surface area contributed by atoms with E-state index in [1.54, 1.807) is 0 Å². The molecule has 6 nitrogen and oxygen atoms in total. The molecule has 1 aliphatic heterocycles. The Morgan fingerprint density at radius 1 is 1.40 bits per heavy atom. The first-order valence-electron chi connectivity index (χ1n) is 6.41. The zero-order valence-corrected chi connectivity index (χ0v) is 12.1. The van der Waals surface area contributed by atoms with Gasteiger partial charge in [-0.15, -0.1) is 0 Å². The molecule has 7 heteroatoms. The van der Waals surface area contributed by atoms with Crippen molar-refractivity contribution in [2.45, 2.75) is 18.9 Å². The van der Waals surface area contributed by atoms with E-state index >= 15 is 0 Å². The number of rotatable bonds is 5. The second kappa shape index (κ2) is 6.23. The van der Waals surface area contributed by atoms with Crippen molar-refractivity contribution in [3.63, 3.8) is 0 Å². The highest BCUT2D eigenvalue weighted by Crippen LogP contribution is 2.31. The molecule has 1 aromatic rings. The zero-order valence-electron chi connectivity index (χ0n) is 11.3. The van der Waals surface area contributed by atoms with Crippen LogP contribution in [0.3, 0.4) is 0 Å². The Kier molecular flexibility index (Phi) is 4.61. The normalized spacial score (nSPS) is 17.9. The zero-order chi connectivity index (χ0) is 14.6. The van der Waals surface area contributed by atoms with Crippen molar-refractivity contribution in [2.75, 3.05) is 19.4 Å². The molecule has 20 heavy (non-hydrogen) atoms. The van der Waals surface area contributed by atoms with Gasteiger partial charge < -0.3 is 10.1 Å². The maximum atomic E-state index is 11.8. The molecule has 0 radical (unpaired) electrons. The first-order valence-corrected chi connectivity index (χ1v) is 8.30. The maximum absolute atomic E-state index is 11.8. The average Bonchev–Trinajstić information content (AvgIpc) is 2.37. The second-order valence-corrected chi connectivity index (χ2v) is 6.54. The summed E-state index contributed by atoms with van der Waals surface area (Å²) < 4.78 is 29.6. The molecule has 0 aromatic heterocycles. The van der Waals surface area contributed by atoms with Crippen LogP contribution in [0.15, 0.2) is 24.3 Å². The molecule has 0 saturated carbocycles. The van der Waals surface area contributed by atoms with Crippen LogP contribution in [-0.2, 0) is 14.8 Å². The summed E-state index contributed by atoms with van der Waals surface area (Å²) in [4.78, 5) is 11.8. The molecule has 0 aliphatic carbocycles. The predicted octanol–water partition coefficient (Wildman–Crippen LogP) is 0.566. The van der Waals surface area contributed by atoms with Crippen molar-refractivity contribution in [2.24, 2.45) is 0 Å². The summed E-state index contributed by atoms with van der Waals surface area (Å²) in [5.74, 6) is 0.612. The van der Waals surface area contributed by atoms with Crippen LogP contribution < -0.4 is 14.8 Å². The molecule has 1 aliphatic rings. The molecule has 0 fully saturated rings. The summed E-state index contributed by atoms with van der Waals surface area (Å²) >= 11 is 0. The van der Waals surface area contributed by atoms with E-state index in [4.69, 9.17) is 4.74 Å². The van der Waals surface area contributed by atoms with Crippen LogP contribution in [0.4, 0.5) is 0 Å². The standard InChI is InChI=1S/C13H18N2O4S/c1-20(17,18)14-8-6-13(16)15-11-7-9-19-12-5-3-2-4-10(11)12/h2-5,11,14H,6-9H2,1H3,(H,15,16). The number of para-hydroxylation sites is 1. The molecule has 1 atom stereocenters. The van der Waals surface area contributed by atoms with Crippen LogP contribution in [0.2, 0.25) is 0 Å². The lowest BCUT2D eigenvalue weighted by atomic mass is 10.0. The van der Waals surface area contributed by atoms with Gasteiger partial charge in [-0.05, 0) is 6.07 Å². The van der Waals surface area contributed by atoms with Gasteiger partial charge in [-0.1, -0.05) is 18.2 Å². The van der Waals surface area contributed by atoms with Gasteiger partial charge in [0.25, 0.3) is 0 Å². The molecule has 1 amide bonds. The number of ether oxygens (including phenoxy) is 1. The SMILES string of the molecule is CS(=O)(=O)NCCC(=O)NC1CCOc2ccccc21. The number of hydrogen-bond donors (Lipinski definition) is 2. The molecule has 0 saturated heterocycles. The quantitative estimate of drug-likeness (QED) is 0.832. The molecule has 1 unspecified atom stereocenters. The van der Waals surface area contributed by atoms with Crippen LogP contribution in [0.1, 0.15) is 24.4 Å². The van der Waals surface area contributed by atoms with Crippen molar-refractivity contribution in [3.05, 3.63) is 29.8 Å². The third-order valence-electron chi connectivity index (χ3n) is 3.01. The van der Waals surface area contributed by atoms with E-state index in [0.717, 1.165) is 17.6 Å². The Balaban J connectivity index is 1.89. The lowest BCUT2D eigenvalue weighted by Gasteiger charge is -2.26.